The molecule has 12 N–H and O–H groups in total. The van der Waals surface area contributed by atoms with Gasteiger partial charge in [-0.25, -0.2) is 19.2 Å². The monoisotopic (exact) mass is 1890 g/mol. The van der Waals surface area contributed by atoms with Gasteiger partial charge in [0, 0.05) is 60.1 Å². The summed E-state index contributed by atoms with van der Waals surface area (Å²) >= 11 is 49.5. The fourth-order valence-corrected chi connectivity index (χ4v) is 13.0. The van der Waals surface area contributed by atoms with Crippen molar-refractivity contribution in [1.82, 2.24) is 19.6 Å². The Balaban J connectivity index is 0.000000205. The van der Waals surface area contributed by atoms with E-state index in [0.717, 1.165) is 0 Å². The summed E-state index contributed by atoms with van der Waals surface area (Å²) in [5, 5.41) is 52.0. The Morgan fingerprint density at radius 1 is 0.403 bits per heavy atom. The van der Waals surface area contributed by atoms with Crippen molar-refractivity contribution in [3.05, 3.63) is 219 Å². The molecule has 0 aliphatic carbocycles. The Bertz CT molecular complexity index is 5020. The van der Waals surface area contributed by atoms with Crippen molar-refractivity contribution >= 4 is 187 Å². The largest absolute Gasteiger partial charge is 0.515 e. The van der Waals surface area contributed by atoms with Crippen LogP contribution in [0.25, 0.3) is 0 Å². The third-order valence-electron chi connectivity index (χ3n) is 16.2. The second-order valence-electron chi connectivity index (χ2n) is 24.8. The summed E-state index contributed by atoms with van der Waals surface area (Å²) in [5.74, 6) is 1.97. The average Bonchev–Trinajstić information content (AvgIpc) is 1.60. The molecule has 0 amide bonds. The maximum Gasteiger partial charge on any atom is 0.515 e. The van der Waals surface area contributed by atoms with Gasteiger partial charge in [-0.1, -0.05) is 141 Å². The van der Waals surface area contributed by atoms with Gasteiger partial charge in [0.2, 0.25) is 23.8 Å². The fourth-order valence-electron chi connectivity index (χ4n) is 10.6. The molecule has 664 valence electrons. The lowest BCUT2D eigenvalue weighted by molar-refractivity contribution is -0.763. The van der Waals surface area contributed by atoms with Gasteiger partial charge < -0.3 is 126 Å². The SMILES string of the molecule is CC(OC(=O)Oc1cccc(CO[N+](=O)[O-])c1)N1CCN=C1Nc1c(Cl)cc(N)cc1Cl.CC(OC(=O)Oc1ccccc1CO[N+](=O)[O-])N1CCN=C1Nc1c(Cl)cc(N)cc1Cl.Nc1cc(Cl)c(NC2=NCCN2COC(=O)OCCOCCO[N+](=O)[O-])c(Cl)c1.Nc1cc(Cl)c(NC2=NCCN2COC(=O)Oc2ccccc2CO[N+](=O)[O-])c(Cl)c1. The molecule has 0 spiro atoms. The minimum absolute atomic E-state index is 0.00505. The van der Waals surface area contributed by atoms with Gasteiger partial charge in [-0.05, 0) is 92.2 Å². The van der Waals surface area contributed by atoms with Crippen LogP contribution < -0.4 is 58.4 Å². The topological polar surface area (TPSA) is 575 Å². The molecule has 0 fully saturated rings. The number of halogens is 8. The third kappa shape index (κ3) is 31.1. The van der Waals surface area contributed by atoms with Crippen LogP contribution >= 0.6 is 92.8 Å². The molecule has 124 heavy (non-hydrogen) atoms. The molecule has 45 nitrogen and oxygen atoms in total. The zero-order valence-corrected chi connectivity index (χ0v) is 70.7. The molecule has 7 aromatic carbocycles. The number of nitrogens with zero attached hydrogens (tertiary/aromatic N) is 12. The van der Waals surface area contributed by atoms with Gasteiger partial charge in [0.05, 0.1) is 102 Å². The van der Waals surface area contributed by atoms with E-state index in [1.807, 2.05) is 0 Å². The van der Waals surface area contributed by atoms with Crippen molar-refractivity contribution < 1.29 is 102 Å². The molecule has 11 rings (SSSR count). The van der Waals surface area contributed by atoms with Crippen LogP contribution in [0.4, 0.5) is 64.7 Å². The highest BCUT2D eigenvalue weighted by Crippen LogP contribution is 2.38. The van der Waals surface area contributed by atoms with Crippen molar-refractivity contribution in [3.8, 4) is 17.2 Å². The van der Waals surface area contributed by atoms with Crippen molar-refractivity contribution in [2.45, 2.75) is 46.1 Å². The number of ether oxygens (including phenoxy) is 9. The summed E-state index contributed by atoms with van der Waals surface area (Å²) < 4.78 is 46.2. The molecule has 4 heterocycles. The first-order valence-corrected chi connectivity index (χ1v) is 38.8. The van der Waals surface area contributed by atoms with E-state index in [4.69, 9.17) is 158 Å². The molecule has 0 saturated heterocycles. The van der Waals surface area contributed by atoms with Gasteiger partial charge in [-0.2, -0.15) is 0 Å². The van der Waals surface area contributed by atoms with E-state index in [1.54, 1.807) is 118 Å². The van der Waals surface area contributed by atoms with Gasteiger partial charge in [-0.3, -0.25) is 20.0 Å². The van der Waals surface area contributed by atoms with Crippen LogP contribution in [0.15, 0.2) is 141 Å². The van der Waals surface area contributed by atoms with Crippen LogP contribution in [-0.2, 0) is 67.6 Å². The lowest BCUT2D eigenvalue weighted by Gasteiger charge is -2.27. The molecule has 53 heteroatoms. The molecule has 4 aliphatic rings. The zero-order chi connectivity index (χ0) is 90.1. The van der Waals surface area contributed by atoms with Crippen LogP contribution in [0.1, 0.15) is 30.5 Å². The number of hydrogen-bond donors (Lipinski definition) is 8. The molecular formula is C71H74Cl8N20O25. The fraction of sp³-hybridized carbons (Fsp3) is 0.296. The molecule has 0 bridgehead atoms. The summed E-state index contributed by atoms with van der Waals surface area (Å²) in [6.07, 6.45) is -5.35. The number of guanidine groups is 4. The number of rotatable bonds is 31. The van der Waals surface area contributed by atoms with E-state index in [9.17, 15) is 59.6 Å². The Morgan fingerprint density at radius 3 is 1.16 bits per heavy atom. The molecule has 0 aromatic heterocycles. The summed E-state index contributed by atoms with van der Waals surface area (Å²) in [6.45, 7) is 5.58. The first-order valence-electron chi connectivity index (χ1n) is 35.8. The smallest absolute Gasteiger partial charge is 0.432 e. The standard InChI is InChI=1S/2C19H19Cl2N5O6.C18H17Cl2N5O6.C15H19Cl2N5O7/c1-11(31-19(27)32-14-4-2-3-12(7-14)10-30-26(28)29)25-6-5-23-18(25)24-17-15(20)8-13(22)9-16(17)21;1-11(31-19(27)32-16-5-3-2-4-12(16)10-30-26(28)29)25-7-6-23-18(25)24-17-14(20)8-13(22)9-15(17)21;19-13-7-12(21)8-14(20)16(13)23-17-22-5-6-24(17)10-29-18(26)31-15-4-2-1-3-11(15)9-30-25(27)28;16-11-7-10(18)8-12(17)13(11)20-14-19-1-2-21(14)9-28-15(23)27-5-3-26-4-6-29-22(24)25/h2-4,7-9,11H,5-6,10,22H2,1H3,(H,23,24);2-5,8-9,11H,6-7,10,22H2,1H3,(H,23,24);1-4,7-8H,5-6,9-10,21H2,(H,22,23);7-8H,1-6,9,18H2,(H,19,20). The van der Waals surface area contributed by atoms with E-state index < -0.39 is 57.4 Å². The minimum atomic E-state index is -0.999. The molecular weight excluding hydrogens is 1820 g/mol. The van der Waals surface area contributed by atoms with Crippen LogP contribution in [-0.4, -0.2) is 193 Å². The molecule has 4 aliphatic heterocycles. The van der Waals surface area contributed by atoms with E-state index >= 15 is 0 Å². The van der Waals surface area contributed by atoms with Gasteiger partial charge >= 0.3 is 24.6 Å². The molecule has 0 radical (unpaired) electrons. The lowest BCUT2D eigenvalue weighted by atomic mass is 10.2. The number of nitrogen functional groups attached to an aromatic ring is 4. The van der Waals surface area contributed by atoms with Crippen molar-refractivity contribution in [1.29, 1.82) is 0 Å². The molecule has 2 unspecified atom stereocenters. The third-order valence-corrected chi connectivity index (χ3v) is 18.6. The molecule has 7 aromatic rings. The number of carbonyl (C=O) groups excluding carboxylic acids is 4. The average molecular weight is 1890 g/mol. The highest BCUT2D eigenvalue weighted by Gasteiger charge is 2.31. The van der Waals surface area contributed by atoms with Crippen molar-refractivity contribution in [2.24, 2.45) is 20.0 Å². The van der Waals surface area contributed by atoms with Gasteiger partial charge in [0.15, 0.2) is 25.9 Å². The van der Waals surface area contributed by atoms with Crippen LogP contribution in [0.3, 0.4) is 0 Å². The number of anilines is 8. The van der Waals surface area contributed by atoms with Crippen molar-refractivity contribution in [2.75, 3.05) is 136 Å². The number of nitrogens with two attached hydrogens (primary N) is 4. The van der Waals surface area contributed by atoms with E-state index in [0.29, 0.717) is 179 Å². The van der Waals surface area contributed by atoms with E-state index in [-0.39, 0.29) is 77.0 Å². The first kappa shape index (κ1) is 96.4. The Kier molecular flexibility index (Phi) is 37.3. The number of carbonyl (C=O) groups is 4. The molecule has 0 saturated carbocycles. The second kappa shape index (κ2) is 48.0. The number of para-hydroxylation sites is 2. The zero-order valence-electron chi connectivity index (χ0n) is 64.6. The van der Waals surface area contributed by atoms with E-state index in [2.05, 4.69) is 60.6 Å². The quantitative estimate of drug-likeness (QED) is 0.00380. The predicted octanol–water partition coefficient (Wildman–Crippen LogP) is 13.4. The Labute approximate surface area is 742 Å². The van der Waals surface area contributed by atoms with Crippen LogP contribution in [0.2, 0.25) is 40.2 Å². The lowest BCUT2D eigenvalue weighted by Crippen LogP contribution is -2.42. The van der Waals surface area contributed by atoms with Gasteiger partial charge in [0.25, 0.3) is 20.3 Å². The summed E-state index contributed by atoms with van der Waals surface area (Å²) in [7, 11) is 0. The highest BCUT2D eigenvalue weighted by molar-refractivity contribution is 6.42. The Hall–Kier alpha value is -13.0. The number of aliphatic imine (C=N–C) groups is 4. The highest BCUT2D eigenvalue weighted by atomic mass is 35.5. The number of nitrogens with one attached hydrogen (secondary N) is 4. The Morgan fingerprint density at radius 2 is 0.750 bits per heavy atom. The van der Waals surface area contributed by atoms with Gasteiger partial charge in [0.1, 0.15) is 50.3 Å². The first-order chi connectivity index (χ1) is 59.2. The predicted molar refractivity (Wildman–Crippen MR) is 455 cm³/mol. The number of hydrogen-bond acceptors (Lipinski definition) is 41. The normalized spacial score (nSPS) is 13.4. The van der Waals surface area contributed by atoms with Gasteiger partial charge in [-0.15, -0.1) is 40.5 Å². The summed E-state index contributed by atoms with van der Waals surface area (Å²) in [4.78, 5) is 130. The van der Waals surface area contributed by atoms with E-state index in [1.165, 1.54) is 36.4 Å². The second-order valence-corrected chi connectivity index (χ2v) is 28.1. The van der Waals surface area contributed by atoms with Crippen LogP contribution in [0, 0.1) is 40.5 Å². The van der Waals surface area contributed by atoms with Crippen molar-refractivity contribution in [3.63, 3.8) is 0 Å². The number of benzene rings is 7. The minimum Gasteiger partial charge on any atom is -0.432 e. The summed E-state index contributed by atoms with van der Waals surface area (Å²) in [5.41, 5.74) is 27.3. The molecule has 2 atom stereocenters. The van der Waals surface area contributed by atoms with Crippen LogP contribution in [0.5, 0.6) is 17.2 Å². The maximum absolute atomic E-state index is 12.3. The summed E-state index contributed by atoms with van der Waals surface area (Å²) in [6, 6.07) is 31.0. The maximum atomic E-state index is 12.3.